The Kier molecular flexibility index (Phi) is 7.88. The van der Waals surface area contributed by atoms with Crippen molar-refractivity contribution in [2.75, 3.05) is 23.7 Å². The Bertz CT molecular complexity index is 1470. The van der Waals surface area contributed by atoms with Crippen LogP contribution in [0.2, 0.25) is 0 Å². The molecule has 2 aliphatic heterocycles. The number of nitrogen functional groups attached to an aromatic ring is 1. The predicted octanol–water partition coefficient (Wildman–Crippen LogP) is 4.69. The highest BCUT2D eigenvalue weighted by molar-refractivity contribution is 5.74. The number of carbonyl (C=O) groups is 1. The Hall–Kier alpha value is -4.13. The summed E-state index contributed by atoms with van der Waals surface area (Å²) in [5, 5.41) is 17.1. The molecule has 1 aromatic carbocycles. The van der Waals surface area contributed by atoms with Crippen LogP contribution < -0.4 is 20.7 Å². The van der Waals surface area contributed by atoms with Gasteiger partial charge in [-0.15, -0.1) is 0 Å². The van der Waals surface area contributed by atoms with E-state index in [9.17, 15) is 23.1 Å². The van der Waals surface area contributed by atoms with Crippen molar-refractivity contribution >= 4 is 23.8 Å². The number of nitrogens with two attached hydrogens (primary N) is 1. The van der Waals surface area contributed by atoms with Crippen LogP contribution in [0.3, 0.4) is 0 Å². The molecular formula is C29H34F3N7O3. The van der Waals surface area contributed by atoms with Crippen LogP contribution in [-0.4, -0.2) is 62.2 Å². The molecule has 13 heteroatoms. The van der Waals surface area contributed by atoms with E-state index in [-0.39, 0.29) is 34.5 Å². The van der Waals surface area contributed by atoms with Crippen molar-refractivity contribution in [1.82, 2.24) is 25.1 Å². The Labute approximate surface area is 241 Å². The van der Waals surface area contributed by atoms with E-state index < -0.39 is 24.3 Å². The summed E-state index contributed by atoms with van der Waals surface area (Å²) in [6.45, 7) is 8.54. The fourth-order valence-electron chi connectivity index (χ4n) is 6.22. The molecule has 0 radical (unpaired) electrons. The number of anilines is 2. The van der Waals surface area contributed by atoms with E-state index in [0.717, 1.165) is 6.42 Å². The first-order valence-electron chi connectivity index (χ1n) is 13.8. The molecule has 4 N–H and O–H groups in total. The average Bonchev–Trinajstić information content (AvgIpc) is 3.54. The summed E-state index contributed by atoms with van der Waals surface area (Å²) in [4.78, 5) is 21.8. The predicted molar refractivity (Wildman–Crippen MR) is 151 cm³/mol. The van der Waals surface area contributed by atoms with Gasteiger partial charge in [0, 0.05) is 37.0 Å². The highest BCUT2D eigenvalue weighted by atomic mass is 19.4. The van der Waals surface area contributed by atoms with Crippen LogP contribution in [0.5, 0.6) is 5.88 Å². The maximum Gasteiger partial charge on any atom is 0.429 e. The summed E-state index contributed by atoms with van der Waals surface area (Å²) in [5.41, 5.74) is 6.96. The molecule has 3 atom stereocenters. The van der Waals surface area contributed by atoms with Crippen molar-refractivity contribution in [3.63, 3.8) is 0 Å². The van der Waals surface area contributed by atoms with Gasteiger partial charge in [0.2, 0.25) is 17.9 Å². The van der Waals surface area contributed by atoms with Gasteiger partial charge in [-0.25, -0.2) is 4.68 Å². The molecule has 2 fully saturated rings. The second-order valence-electron chi connectivity index (χ2n) is 11.0. The monoisotopic (exact) mass is 585 g/mol. The van der Waals surface area contributed by atoms with E-state index in [0.29, 0.717) is 49.4 Å². The molecule has 2 saturated heterocycles. The number of rotatable bonds is 8. The fraction of sp³-hybridized carbons (Fsp3) is 0.448. The lowest BCUT2D eigenvalue weighted by Gasteiger charge is -2.43. The van der Waals surface area contributed by atoms with Gasteiger partial charge in [0.1, 0.15) is 11.9 Å². The maximum absolute atomic E-state index is 14.6. The van der Waals surface area contributed by atoms with Gasteiger partial charge in [-0.2, -0.15) is 28.2 Å². The number of aryl methyl sites for hydroxylation is 1. The lowest BCUT2D eigenvalue weighted by molar-refractivity contribution is -0.198. The molecule has 0 aliphatic carbocycles. The number of hydrogen-bond acceptors (Lipinski definition) is 8. The first-order chi connectivity index (χ1) is 19.9. The summed E-state index contributed by atoms with van der Waals surface area (Å²) in [7, 11) is 0. The number of piperidine rings is 1. The molecule has 0 bridgehead atoms. The molecule has 5 rings (SSSR count). The standard InChI is InChI=1S/C29H34F3N7O3/c1-4-18-6-7-21(39-11-8-17(3)37-39)19(14-18)25(29(30,31)32)42-24-15-23(35-27(33)36-24)38-12-9-28(10-13-38)16-20(26(40)41)34-22(28)5-2/h4,6-8,11,14-15,20,22,25,34H,1,5,9-10,12-13,16H2,2-3H3,(H,40,41)(H2,33,35,36)/t20?,22?,25-/m1/s1. The van der Waals surface area contributed by atoms with Gasteiger partial charge in [0.25, 0.3) is 0 Å². The number of ether oxygens (including phenoxy) is 1. The smallest absolute Gasteiger partial charge is 0.429 e. The average molecular weight is 586 g/mol. The van der Waals surface area contributed by atoms with Gasteiger partial charge >= 0.3 is 12.1 Å². The van der Waals surface area contributed by atoms with Crippen LogP contribution in [0.15, 0.2) is 43.1 Å². The minimum atomic E-state index is -4.81. The normalized spacial score (nSPS) is 20.9. The number of aromatic nitrogens is 4. The largest absolute Gasteiger partial charge is 0.480 e. The van der Waals surface area contributed by atoms with Crippen molar-refractivity contribution < 1.29 is 27.8 Å². The zero-order valence-electron chi connectivity index (χ0n) is 23.4. The first kappa shape index (κ1) is 29.4. The summed E-state index contributed by atoms with van der Waals surface area (Å²) in [6, 6.07) is 7.11. The zero-order valence-corrected chi connectivity index (χ0v) is 23.4. The van der Waals surface area contributed by atoms with E-state index in [4.69, 9.17) is 10.5 Å². The second kappa shape index (κ2) is 11.3. The van der Waals surface area contributed by atoms with Gasteiger partial charge in [0.15, 0.2) is 0 Å². The number of halogens is 3. The fourth-order valence-corrected chi connectivity index (χ4v) is 6.22. The summed E-state index contributed by atoms with van der Waals surface area (Å²) >= 11 is 0. The molecular weight excluding hydrogens is 551 g/mol. The number of carboxylic acids is 1. The van der Waals surface area contributed by atoms with Gasteiger partial charge in [-0.05, 0) is 61.8 Å². The van der Waals surface area contributed by atoms with Gasteiger partial charge in [0.05, 0.1) is 11.4 Å². The van der Waals surface area contributed by atoms with Crippen molar-refractivity contribution in [3.05, 3.63) is 59.9 Å². The van der Waals surface area contributed by atoms with E-state index in [1.54, 1.807) is 31.3 Å². The SMILES string of the molecule is C=Cc1ccc(-n2ccc(C)n2)c([C@@H](Oc2cc(N3CCC4(CC3)CC(C(=O)O)NC4CC)nc(N)n2)C(F)(F)F)c1. The van der Waals surface area contributed by atoms with E-state index >= 15 is 0 Å². The maximum atomic E-state index is 14.6. The Morgan fingerprint density at radius 3 is 2.62 bits per heavy atom. The molecule has 0 saturated carbocycles. The van der Waals surface area contributed by atoms with E-state index in [1.807, 2.05) is 11.8 Å². The van der Waals surface area contributed by atoms with Crippen molar-refractivity contribution in [3.8, 4) is 11.6 Å². The minimum Gasteiger partial charge on any atom is -0.480 e. The van der Waals surface area contributed by atoms with Crippen LogP contribution in [0.4, 0.5) is 24.9 Å². The Morgan fingerprint density at radius 1 is 1.29 bits per heavy atom. The molecule has 224 valence electrons. The highest BCUT2D eigenvalue weighted by Gasteiger charge is 2.50. The summed E-state index contributed by atoms with van der Waals surface area (Å²) < 4.78 is 50.8. The summed E-state index contributed by atoms with van der Waals surface area (Å²) in [5.74, 6) is -1.04. The number of benzene rings is 1. The first-order valence-corrected chi connectivity index (χ1v) is 13.8. The number of alkyl halides is 3. The topological polar surface area (TPSA) is 131 Å². The molecule has 3 aromatic rings. The Morgan fingerprint density at radius 2 is 2.02 bits per heavy atom. The lowest BCUT2D eigenvalue weighted by Crippen LogP contribution is -2.46. The number of nitrogens with one attached hydrogen (secondary N) is 1. The van der Waals surface area contributed by atoms with Gasteiger partial charge < -0.3 is 25.8 Å². The molecule has 4 heterocycles. The third-order valence-electron chi connectivity index (χ3n) is 8.32. The quantitative estimate of drug-likeness (QED) is 0.345. The van der Waals surface area contributed by atoms with Crippen molar-refractivity contribution in [2.45, 2.75) is 63.9 Å². The van der Waals surface area contributed by atoms with Crippen LogP contribution in [0, 0.1) is 12.3 Å². The molecule has 2 aromatic heterocycles. The molecule has 42 heavy (non-hydrogen) atoms. The van der Waals surface area contributed by atoms with Crippen LogP contribution in [0.1, 0.15) is 55.5 Å². The Balaban J connectivity index is 1.42. The van der Waals surface area contributed by atoms with Crippen molar-refractivity contribution in [2.24, 2.45) is 5.41 Å². The number of carboxylic acid groups (broad SMARTS) is 1. The molecule has 0 amide bonds. The number of hydrogen-bond donors (Lipinski definition) is 3. The van der Waals surface area contributed by atoms with E-state index in [2.05, 4.69) is 27.0 Å². The number of aliphatic carboxylic acids is 1. The zero-order chi connectivity index (χ0) is 30.2. The molecule has 10 nitrogen and oxygen atoms in total. The van der Waals surface area contributed by atoms with Crippen LogP contribution in [0.25, 0.3) is 11.8 Å². The second-order valence-corrected chi connectivity index (χ2v) is 11.0. The van der Waals surface area contributed by atoms with Crippen LogP contribution >= 0.6 is 0 Å². The van der Waals surface area contributed by atoms with Gasteiger partial charge in [-0.1, -0.05) is 25.6 Å². The van der Waals surface area contributed by atoms with Gasteiger partial charge in [-0.3, -0.25) is 4.79 Å². The van der Waals surface area contributed by atoms with Crippen LogP contribution in [-0.2, 0) is 4.79 Å². The number of nitrogens with zero attached hydrogens (tertiary/aromatic N) is 5. The molecule has 2 aliphatic rings. The molecule has 2 unspecified atom stereocenters. The highest BCUT2D eigenvalue weighted by Crippen LogP contribution is 2.46. The molecule has 1 spiro atoms. The van der Waals surface area contributed by atoms with Crippen molar-refractivity contribution in [1.29, 1.82) is 0 Å². The van der Waals surface area contributed by atoms with E-state index in [1.165, 1.54) is 22.9 Å². The lowest BCUT2D eigenvalue weighted by atomic mass is 9.71. The third kappa shape index (κ3) is 5.78. The third-order valence-corrected chi connectivity index (χ3v) is 8.32. The minimum absolute atomic E-state index is 0.0711. The summed E-state index contributed by atoms with van der Waals surface area (Å²) in [6.07, 6.45) is -1.41.